The highest BCUT2D eigenvalue weighted by atomic mass is 19.4. The second-order valence-corrected chi connectivity index (χ2v) is 2.59. The number of hydrogen-bond donors (Lipinski definition) is 1. The van der Waals surface area contributed by atoms with E-state index < -0.39 is 11.9 Å². The number of rotatable bonds is 1. The molecule has 0 radical (unpaired) electrons. The van der Waals surface area contributed by atoms with Crippen LogP contribution in [0.5, 0.6) is 0 Å². The Hall–Kier alpha value is -1.20. The maximum absolute atomic E-state index is 12.2. The second-order valence-electron chi connectivity index (χ2n) is 2.59. The molecule has 1 aliphatic heterocycles. The lowest BCUT2D eigenvalue weighted by atomic mass is 10.1. The van der Waals surface area contributed by atoms with E-state index in [9.17, 15) is 13.2 Å². The highest BCUT2D eigenvalue weighted by Gasteiger charge is 2.38. The zero-order valence-electron chi connectivity index (χ0n) is 6.77. The first-order valence-electron chi connectivity index (χ1n) is 3.72. The fourth-order valence-electron chi connectivity index (χ4n) is 1.08. The van der Waals surface area contributed by atoms with Gasteiger partial charge in [-0.2, -0.15) is 18.3 Å². The highest BCUT2D eigenvalue weighted by Crippen LogP contribution is 2.25. The van der Waals surface area contributed by atoms with Crippen LogP contribution in [0.15, 0.2) is 16.9 Å². The molecule has 0 aromatic heterocycles. The monoisotopic (exact) mass is 194 g/mol. The molecule has 6 heteroatoms. The topological polar surface area (TPSA) is 47.6 Å². The van der Waals surface area contributed by atoms with Crippen LogP contribution in [0.4, 0.5) is 13.2 Å². The van der Waals surface area contributed by atoms with E-state index in [1.807, 2.05) is 0 Å². The van der Waals surface area contributed by atoms with Gasteiger partial charge in [-0.05, 0) is 12.8 Å². The van der Waals surface area contributed by atoms with E-state index in [4.69, 9.17) is 4.74 Å². The molecule has 0 amide bonds. The molecule has 13 heavy (non-hydrogen) atoms. The molecule has 1 heterocycles. The van der Waals surface area contributed by atoms with Crippen molar-refractivity contribution in [2.24, 2.45) is 10.9 Å². The normalized spacial score (nSPS) is 19.3. The van der Waals surface area contributed by atoms with Crippen molar-refractivity contribution in [2.45, 2.75) is 19.0 Å². The van der Waals surface area contributed by atoms with E-state index in [1.54, 1.807) is 0 Å². The van der Waals surface area contributed by atoms with Crippen LogP contribution in [0.2, 0.25) is 0 Å². The minimum absolute atomic E-state index is 0.0150. The van der Waals surface area contributed by atoms with E-state index in [-0.39, 0.29) is 5.57 Å². The summed E-state index contributed by atoms with van der Waals surface area (Å²) >= 11 is 0. The van der Waals surface area contributed by atoms with Crippen molar-refractivity contribution < 1.29 is 17.9 Å². The molecular weight excluding hydrogens is 185 g/mol. The van der Waals surface area contributed by atoms with Gasteiger partial charge < -0.3 is 10.6 Å². The summed E-state index contributed by atoms with van der Waals surface area (Å²) in [5.41, 5.74) is -1.03. The second kappa shape index (κ2) is 3.68. The van der Waals surface area contributed by atoms with Crippen molar-refractivity contribution >= 4 is 5.71 Å². The predicted octanol–water partition coefficient (Wildman–Crippen LogP) is 1.56. The Kier molecular flexibility index (Phi) is 2.79. The van der Waals surface area contributed by atoms with Crippen LogP contribution in [0, 0.1) is 0 Å². The Balaban J connectivity index is 2.84. The van der Waals surface area contributed by atoms with Crippen molar-refractivity contribution in [3.63, 3.8) is 0 Å². The largest absolute Gasteiger partial charge is 0.501 e. The van der Waals surface area contributed by atoms with Crippen LogP contribution in [0.3, 0.4) is 0 Å². The third-order valence-electron chi connectivity index (χ3n) is 1.64. The third kappa shape index (κ3) is 2.37. The Morgan fingerprint density at radius 1 is 1.54 bits per heavy atom. The van der Waals surface area contributed by atoms with Crippen LogP contribution in [0.25, 0.3) is 0 Å². The Labute approximate surface area is 73.0 Å². The molecule has 0 spiro atoms. The zero-order valence-corrected chi connectivity index (χ0v) is 6.77. The van der Waals surface area contributed by atoms with Crippen molar-refractivity contribution in [1.29, 1.82) is 0 Å². The molecule has 1 aliphatic rings. The van der Waals surface area contributed by atoms with E-state index in [1.165, 1.54) is 0 Å². The van der Waals surface area contributed by atoms with Gasteiger partial charge in [0, 0.05) is 5.57 Å². The van der Waals surface area contributed by atoms with Gasteiger partial charge in [0.25, 0.3) is 0 Å². The van der Waals surface area contributed by atoms with Gasteiger partial charge in [0.1, 0.15) is 0 Å². The summed E-state index contributed by atoms with van der Waals surface area (Å²) in [6.45, 7) is 0.444. The lowest BCUT2D eigenvalue weighted by Gasteiger charge is -2.16. The number of halogens is 3. The lowest BCUT2D eigenvalue weighted by Crippen LogP contribution is -2.27. The molecule has 0 aromatic carbocycles. The Morgan fingerprint density at radius 2 is 2.23 bits per heavy atom. The first-order chi connectivity index (χ1) is 6.05. The molecule has 0 unspecified atom stereocenters. The zero-order chi connectivity index (χ0) is 9.90. The van der Waals surface area contributed by atoms with Crippen molar-refractivity contribution in [2.75, 3.05) is 6.61 Å². The summed E-state index contributed by atoms with van der Waals surface area (Å²) in [7, 11) is 0. The molecule has 0 fully saturated rings. The van der Waals surface area contributed by atoms with Crippen LogP contribution in [0.1, 0.15) is 12.8 Å². The fourth-order valence-corrected chi connectivity index (χ4v) is 1.08. The Bertz CT molecular complexity index is 245. The standard InChI is InChI=1S/C7H9F3N2O/c8-7(9,10)6(12-11)5-2-1-3-13-4-5/h4H,1-3,11H2/b12-6-. The molecule has 0 bridgehead atoms. The lowest BCUT2D eigenvalue weighted by molar-refractivity contribution is -0.0588. The number of alkyl halides is 3. The Morgan fingerprint density at radius 3 is 2.62 bits per heavy atom. The van der Waals surface area contributed by atoms with Crippen LogP contribution in [-0.4, -0.2) is 18.5 Å². The number of nitrogens with zero attached hydrogens (tertiary/aromatic N) is 1. The van der Waals surface area contributed by atoms with Crippen molar-refractivity contribution in [1.82, 2.24) is 0 Å². The van der Waals surface area contributed by atoms with Gasteiger partial charge in [0.2, 0.25) is 0 Å². The molecular formula is C7H9F3N2O. The average Bonchev–Trinajstić information content (AvgIpc) is 2.05. The summed E-state index contributed by atoms with van der Waals surface area (Å²) in [6.07, 6.45) is -2.57. The number of nitrogens with two attached hydrogens (primary N) is 1. The summed E-state index contributed by atoms with van der Waals surface area (Å²) in [4.78, 5) is 0. The molecule has 0 saturated heterocycles. The van der Waals surface area contributed by atoms with Gasteiger partial charge in [0.15, 0.2) is 5.71 Å². The first kappa shape index (κ1) is 9.88. The van der Waals surface area contributed by atoms with Gasteiger partial charge in [-0.15, -0.1) is 0 Å². The minimum Gasteiger partial charge on any atom is -0.501 e. The summed E-state index contributed by atoms with van der Waals surface area (Å²) in [5, 5.41) is 2.73. The quantitative estimate of drug-likeness (QED) is 0.391. The molecule has 0 saturated carbocycles. The van der Waals surface area contributed by atoms with E-state index in [0.717, 1.165) is 6.26 Å². The van der Waals surface area contributed by atoms with Crippen molar-refractivity contribution in [3.8, 4) is 0 Å². The van der Waals surface area contributed by atoms with Gasteiger partial charge in [-0.3, -0.25) is 0 Å². The maximum atomic E-state index is 12.2. The third-order valence-corrected chi connectivity index (χ3v) is 1.64. The highest BCUT2D eigenvalue weighted by molar-refractivity contribution is 6.03. The van der Waals surface area contributed by atoms with Crippen LogP contribution in [-0.2, 0) is 4.74 Å². The van der Waals surface area contributed by atoms with Crippen LogP contribution < -0.4 is 5.84 Å². The summed E-state index contributed by atoms with van der Waals surface area (Å²) in [5.74, 6) is 4.66. The number of ether oxygens (including phenoxy) is 1. The molecule has 0 aromatic rings. The molecule has 0 aliphatic carbocycles. The maximum Gasteiger partial charge on any atom is 0.435 e. The fraction of sp³-hybridized carbons (Fsp3) is 0.571. The van der Waals surface area contributed by atoms with Crippen molar-refractivity contribution in [3.05, 3.63) is 11.8 Å². The van der Waals surface area contributed by atoms with E-state index >= 15 is 0 Å². The van der Waals surface area contributed by atoms with Crippen LogP contribution >= 0.6 is 0 Å². The van der Waals surface area contributed by atoms with Gasteiger partial charge in [0.05, 0.1) is 12.9 Å². The molecule has 74 valence electrons. The molecule has 3 nitrogen and oxygen atoms in total. The first-order valence-corrected chi connectivity index (χ1v) is 3.72. The average molecular weight is 194 g/mol. The number of allylic oxidation sites excluding steroid dienone is 1. The van der Waals surface area contributed by atoms with E-state index in [0.29, 0.717) is 19.4 Å². The SMILES string of the molecule is N/N=C(/C1=COCCC1)C(F)(F)F. The summed E-state index contributed by atoms with van der Waals surface area (Å²) in [6, 6.07) is 0. The molecule has 2 N–H and O–H groups in total. The number of hydrazone groups is 1. The molecule has 0 atom stereocenters. The minimum atomic E-state index is -4.50. The molecule has 1 rings (SSSR count). The van der Waals surface area contributed by atoms with Gasteiger partial charge >= 0.3 is 6.18 Å². The smallest absolute Gasteiger partial charge is 0.435 e. The predicted molar refractivity (Wildman–Crippen MR) is 40.9 cm³/mol. The number of hydrogen-bond acceptors (Lipinski definition) is 3. The van der Waals surface area contributed by atoms with E-state index in [2.05, 4.69) is 10.9 Å². The summed E-state index contributed by atoms with van der Waals surface area (Å²) < 4.78 is 41.4. The van der Waals surface area contributed by atoms with Gasteiger partial charge in [-0.1, -0.05) is 0 Å². The van der Waals surface area contributed by atoms with Gasteiger partial charge in [-0.25, -0.2) is 0 Å².